The number of aromatic nitrogens is 2. The Kier molecular flexibility index (Phi) is 3.57. The van der Waals surface area contributed by atoms with Gasteiger partial charge in [0.25, 0.3) is 5.91 Å². The highest BCUT2D eigenvalue weighted by molar-refractivity contribution is 9.09. The Bertz CT molecular complexity index is 313. The average Bonchev–Trinajstić information content (AvgIpc) is 2.19. The van der Waals surface area contributed by atoms with Crippen molar-refractivity contribution >= 4 is 21.8 Å². The Balaban J connectivity index is 2.69. The van der Waals surface area contributed by atoms with E-state index in [1.807, 2.05) is 13.8 Å². The van der Waals surface area contributed by atoms with Crippen LogP contribution < -0.4 is 5.32 Å². The number of amides is 1. The van der Waals surface area contributed by atoms with Crippen molar-refractivity contribution in [3.63, 3.8) is 0 Å². The second kappa shape index (κ2) is 4.50. The van der Waals surface area contributed by atoms with Crippen LogP contribution in [0.3, 0.4) is 0 Å². The van der Waals surface area contributed by atoms with E-state index < -0.39 is 0 Å². The van der Waals surface area contributed by atoms with Crippen LogP contribution >= 0.6 is 15.9 Å². The Morgan fingerprint density at radius 3 is 2.57 bits per heavy atom. The van der Waals surface area contributed by atoms with Crippen molar-refractivity contribution in [1.82, 2.24) is 15.3 Å². The van der Waals surface area contributed by atoms with Crippen LogP contribution in [-0.2, 0) is 0 Å². The monoisotopic (exact) mass is 257 g/mol. The number of nitrogens with zero attached hydrogens (tertiary/aromatic N) is 2. The topological polar surface area (TPSA) is 54.9 Å². The molecule has 0 fully saturated rings. The Labute approximate surface area is 91.3 Å². The largest absolute Gasteiger partial charge is 0.346 e. The molecule has 0 spiro atoms. The fraction of sp³-hybridized carbons (Fsp3) is 0.444. The quantitative estimate of drug-likeness (QED) is 0.833. The number of rotatable bonds is 3. The van der Waals surface area contributed by atoms with Gasteiger partial charge in [-0.2, -0.15) is 0 Å². The van der Waals surface area contributed by atoms with Crippen molar-refractivity contribution in [1.29, 1.82) is 0 Å². The molecule has 76 valence electrons. The molecular formula is C9H12BrN3O. The lowest BCUT2D eigenvalue weighted by Gasteiger charge is -2.23. The van der Waals surface area contributed by atoms with E-state index in [2.05, 4.69) is 31.2 Å². The normalized spacial score (nSPS) is 11.1. The van der Waals surface area contributed by atoms with Crippen molar-refractivity contribution in [3.8, 4) is 0 Å². The van der Waals surface area contributed by atoms with Crippen molar-refractivity contribution in [2.24, 2.45) is 0 Å². The summed E-state index contributed by atoms with van der Waals surface area (Å²) < 4.78 is 0. The first-order chi connectivity index (χ1) is 6.55. The van der Waals surface area contributed by atoms with Crippen molar-refractivity contribution in [2.45, 2.75) is 19.4 Å². The molecule has 4 nitrogen and oxygen atoms in total. The molecule has 1 heterocycles. The third kappa shape index (κ3) is 3.06. The molecule has 5 heteroatoms. The fourth-order valence-corrected chi connectivity index (χ4v) is 0.969. The summed E-state index contributed by atoms with van der Waals surface area (Å²) in [4.78, 5) is 19.2. The third-order valence-corrected chi connectivity index (χ3v) is 3.01. The molecule has 14 heavy (non-hydrogen) atoms. The lowest BCUT2D eigenvalue weighted by molar-refractivity contribution is 0.0920. The maximum Gasteiger partial charge on any atom is 0.254 e. The third-order valence-electron chi connectivity index (χ3n) is 1.61. The highest BCUT2D eigenvalue weighted by atomic mass is 79.9. The van der Waals surface area contributed by atoms with Gasteiger partial charge in [0.1, 0.15) is 6.33 Å². The summed E-state index contributed by atoms with van der Waals surface area (Å²) in [6, 6.07) is 0. The molecule has 1 aromatic rings. The van der Waals surface area contributed by atoms with Crippen LogP contribution in [0.25, 0.3) is 0 Å². The maximum atomic E-state index is 11.6. The number of carbonyl (C=O) groups is 1. The standard InChI is InChI=1S/C9H12BrN3O/c1-9(2,5-10)13-8(14)7-3-11-6-12-4-7/h3-4,6H,5H2,1-2H3,(H,13,14). The predicted octanol–water partition coefficient (Wildman–Crippen LogP) is 1.38. The molecular weight excluding hydrogens is 246 g/mol. The minimum atomic E-state index is -0.271. The van der Waals surface area contributed by atoms with Gasteiger partial charge in [0.15, 0.2) is 0 Å². The van der Waals surface area contributed by atoms with Crippen LogP contribution in [0.4, 0.5) is 0 Å². The van der Waals surface area contributed by atoms with Crippen LogP contribution in [0.2, 0.25) is 0 Å². The van der Waals surface area contributed by atoms with Gasteiger partial charge in [-0.1, -0.05) is 15.9 Å². The summed E-state index contributed by atoms with van der Waals surface area (Å²) in [5, 5.41) is 3.55. The zero-order valence-corrected chi connectivity index (χ0v) is 9.71. The number of alkyl halides is 1. The minimum Gasteiger partial charge on any atom is -0.346 e. The van der Waals surface area contributed by atoms with Gasteiger partial charge in [-0.3, -0.25) is 4.79 Å². The molecule has 0 radical (unpaired) electrons. The Hall–Kier alpha value is -0.970. The minimum absolute atomic E-state index is 0.157. The van der Waals surface area contributed by atoms with Crippen LogP contribution in [0, 0.1) is 0 Å². The molecule has 0 bridgehead atoms. The zero-order valence-electron chi connectivity index (χ0n) is 8.12. The lowest BCUT2D eigenvalue weighted by Crippen LogP contribution is -2.44. The number of hydrogen-bond donors (Lipinski definition) is 1. The van der Waals surface area contributed by atoms with Crippen molar-refractivity contribution < 1.29 is 4.79 Å². The number of halogens is 1. The van der Waals surface area contributed by atoms with Gasteiger partial charge in [0.05, 0.1) is 5.56 Å². The summed E-state index contributed by atoms with van der Waals surface area (Å²) in [5.41, 5.74) is 0.203. The van der Waals surface area contributed by atoms with Crippen LogP contribution in [-0.4, -0.2) is 26.7 Å². The second-order valence-corrected chi connectivity index (χ2v) is 4.16. The molecule has 0 aromatic carbocycles. The van der Waals surface area contributed by atoms with Crippen molar-refractivity contribution in [3.05, 3.63) is 24.3 Å². The first-order valence-electron chi connectivity index (χ1n) is 4.19. The SMILES string of the molecule is CC(C)(CBr)NC(=O)c1cncnc1. The molecule has 0 unspecified atom stereocenters. The average molecular weight is 258 g/mol. The van der Waals surface area contributed by atoms with Gasteiger partial charge < -0.3 is 5.32 Å². The number of carbonyl (C=O) groups excluding carboxylic acids is 1. The van der Waals surface area contributed by atoms with E-state index in [0.717, 1.165) is 0 Å². The Morgan fingerprint density at radius 1 is 1.50 bits per heavy atom. The van der Waals surface area contributed by atoms with E-state index in [4.69, 9.17) is 0 Å². The summed E-state index contributed by atoms with van der Waals surface area (Å²) in [7, 11) is 0. The van der Waals surface area contributed by atoms with Crippen LogP contribution in [0.1, 0.15) is 24.2 Å². The fourth-order valence-electron chi connectivity index (χ4n) is 0.829. The summed E-state index contributed by atoms with van der Waals surface area (Å²) in [6.07, 6.45) is 4.38. The molecule has 0 aliphatic carbocycles. The van der Waals surface area contributed by atoms with Gasteiger partial charge in [-0.15, -0.1) is 0 Å². The van der Waals surface area contributed by atoms with E-state index >= 15 is 0 Å². The van der Waals surface area contributed by atoms with Gasteiger partial charge in [-0.25, -0.2) is 9.97 Å². The number of hydrogen-bond acceptors (Lipinski definition) is 3. The Morgan fingerprint density at radius 2 is 2.07 bits per heavy atom. The lowest BCUT2D eigenvalue weighted by atomic mass is 10.1. The maximum absolute atomic E-state index is 11.6. The number of nitrogens with one attached hydrogen (secondary N) is 1. The zero-order chi connectivity index (χ0) is 10.6. The summed E-state index contributed by atoms with van der Waals surface area (Å²) >= 11 is 3.33. The first kappa shape index (κ1) is 11.1. The first-order valence-corrected chi connectivity index (χ1v) is 5.31. The summed E-state index contributed by atoms with van der Waals surface area (Å²) in [6.45, 7) is 3.87. The van der Waals surface area contributed by atoms with E-state index in [1.165, 1.54) is 18.7 Å². The molecule has 1 N–H and O–H groups in total. The molecule has 0 aliphatic rings. The van der Waals surface area contributed by atoms with Crippen molar-refractivity contribution in [2.75, 3.05) is 5.33 Å². The molecule has 1 rings (SSSR count). The van der Waals surface area contributed by atoms with Gasteiger partial charge in [0.2, 0.25) is 0 Å². The van der Waals surface area contributed by atoms with E-state index in [0.29, 0.717) is 10.9 Å². The molecule has 1 aromatic heterocycles. The predicted molar refractivity (Wildman–Crippen MR) is 57.4 cm³/mol. The molecule has 0 atom stereocenters. The smallest absolute Gasteiger partial charge is 0.254 e. The second-order valence-electron chi connectivity index (χ2n) is 3.60. The van der Waals surface area contributed by atoms with Crippen LogP contribution in [0.5, 0.6) is 0 Å². The molecule has 0 saturated carbocycles. The molecule has 1 amide bonds. The molecule has 0 saturated heterocycles. The van der Waals surface area contributed by atoms with E-state index in [9.17, 15) is 4.79 Å². The van der Waals surface area contributed by atoms with Gasteiger partial charge in [0, 0.05) is 23.3 Å². The van der Waals surface area contributed by atoms with Gasteiger partial charge in [-0.05, 0) is 13.8 Å². The highest BCUT2D eigenvalue weighted by Crippen LogP contribution is 2.07. The molecule has 0 aliphatic heterocycles. The summed E-state index contributed by atoms with van der Waals surface area (Å²) in [5.74, 6) is -0.157. The van der Waals surface area contributed by atoms with Crippen LogP contribution in [0.15, 0.2) is 18.7 Å². The van der Waals surface area contributed by atoms with E-state index in [-0.39, 0.29) is 11.4 Å². The van der Waals surface area contributed by atoms with Gasteiger partial charge >= 0.3 is 0 Å². The van der Waals surface area contributed by atoms with E-state index in [1.54, 1.807) is 0 Å². The highest BCUT2D eigenvalue weighted by Gasteiger charge is 2.19.